The van der Waals surface area contributed by atoms with E-state index >= 15 is 0 Å². The predicted molar refractivity (Wildman–Crippen MR) is 130 cm³/mol. The molecule has 0 fully saturated rings. The van der Waals surface area contributed by atoms with Gasteiger partial charge in [-0.3, -0.25) is 0 Å². The lowest BCUT2D eigenvalue weighted by Crippen LogP contribution is -1.98. The molecule has 2 aromatic carbocycles. The standard InChI is InChI=1S/C26H23N7O/c1-18-24(12-11-23(28-18)20-7-3-2-4-8-20)34-22-14-15-27-26(17-22)29-21-9-5-6-19(16-21)10-13-25-30-32-33-31-25/h2-9,11-12,14-17H,10,13H2,1H3,(H,27,29)(H,30,31,32,33). The van der Waals surface area contributed by atoms with Gasteiger partial charge in [-0.1, -0.05) is 42.5 Å². The highest BCUT2D eigenvalue weighted by Crippen LogP contribution is 2.28. The lowest BCUT2D eigenvalue weighted by molar-refractivity contribution is 0.475. The molecule has 0 aliphatic heterocycles. The molecule has 0 bridgehead atoms. The second kappa shape index (κ2) is 9.91. The molecule has 3 aromatic heterocycles. The molecule has 0 saturated heterocycles. The van der Waals surface area contributed by atoms with Gasteiger partial charge in [0.2, 0.25) is 0 Å². The fourth-order valence-electron chi connectivity index (χ4n) is 3.60. The number of nitrogens with one attached hydrogen (secondary N) is 2. The maximum absolute atomic E-state index is 6.12. The third kappa shape index (κ3) is 5.24. The number of aryl methyl sites for hydroxylation is 3. The second-order valence-electron chi connectivity index (χ2n) is 7.80. The van der Waals surface area contributed by atoms with Crippen LogP contribution in [-0.2, 0) is 12.8 Å². The van der Waals surface area contributed by atoms with Gasteiger partial charge < -0.3 is 10.1 Å². The molecule has 0 aliphatic rings. The number of H-pyrrole nitrogens is 1. The third-order valence-corrected chi connectivity index (χ3v) is 5.31. The SMILES string of the molecule is Cc1nc(-c2ccccc2)ccc1Oc1ccnc(Nc2cccc(CCc3nnn[nH]3)c2)c1. The molecule has 0 radical (unpaired) electrons. The zero-order chi connectivity index (χ0) is 23.2. The van der Waals surface area contributed by atoms with Crippen molar-refractivity contribution < 1.29 is 4.74 Å². The zero-order valence-corrected chi connectivity index (χ0v) is 18.6. The number of hydrogen-bond acceptors (Lipinski definition) is 7. The number of benzene rings is 2. The van der Waals surface area contributed by atoms with Crippen LogP contribution >= 0.6 is 0 Å². The summed E-state index contributed by atoms with van der Waals surface area (Å²) in [7, 11) is 0. The van der Waals surface area contributed by atoms with Crippen LogP contribution in [0.2, 0.25) is 0 Å². The molecule has 2 N–H and O–H groups in total. The number of pyridine rings is 2. The van der Waals surface area contributed by atoms with Crippen LogP contribution in [0.25, 0.3) is 11.3 Å². The van der Waals surface area contributed by atoms with Crippen molar-refractivity contribution in [2.24, 2.45) is 0 Å². The van der Waals surface area contributed by atoms with Gasteiger partial charge in [0.25, 0.3) is 0 Å². The van der Waals surface area contributed by atoms with Crippen molar-refractivity contribution >= 4 is 11.5 Å². The number of nitrogens with zero attached hydrogens (tertiary/aromatic N) is 5. The first kappa shape index (κ1) is 21.3. The first-order chi connectivity index (χ1) is 16.7. The number of anilines is 2. The molecule has 8 nitrogen and oxygen atoms in total. The average molecular weight is 450 g/mol. The Bertz CT molecular complexity index is 1370. The van der Waals surface area contributed by atoms with Crippen molar-refractivity contribution in [2.75, 3.05) is 5.32 Å². The highest BCUT2D eigenvalue weighted by Gasteiger charge is 2.08. The first-order valence-electron chi connectivity index (χ1n) is 11.0. The number of aromatic nitrogens is 6. The van der Waals surface area contributed by atoms with Crippen molar-refractivity contribution in [1.82, 2.24) is 30.6 Å². The monoisotopic (exact) mass is 449 g/mol. The van der Waals surface area contributed by atoms with E-state index in [4.69, 9.17) is 9.72 Å². The Morgan fingerprint density at radius 2 is 1.82 bits per heavy atom. The number of hydrogen-bond donors (Lipinski definition) is 2. The number of aromatic amines is 1. The molecule has 0 spiro atoms. The molecule has 5 aromatic rings. The average Bonchev–Trinajstić information content (AvgIpc) is 3.39. The van der Waals surface area contributed by atoms with Gasteiger partial charge in [-0.25, -0.2) is 15.1 Å². The van der Waals surface area contributed by atoms with Crippen molar-refractivity contribution in [3.8, 4) is 22.8 Å². The molecule has 0 atom stereocenters. The van der Waals surface area contributed by atoms with Gasteiger partial charge in [0.05, 0.1) is 11.4 Å². The summed E-state index contributed by atoms with van der Waals surface area (Å²) in [6.45, 7) is 1.95. The molecule has 0 amide bonds. The van der Waals surface area contributed by atoms with Crippen molar-refractivity contribution in [3.05, 3.63) is 102 Å². The summed E-state index contributed by atoms with van der Waals surface area (Å²) in [5.74, 6) is 2.86. The van der Waals surface area contributed by atoms with Gasteiger partial charge in [-0.05, 0) is 59.7 Å². The molecule has 5 rings (SSSR count). The van der Waals surface area contributed by atoms with Gasteiger partial charge in [0, 0.05) is 29.9 Å². The molecule has 34 heavy (non-hydrogen) atoms. The van der Waals surface area contributed by atoms with E-state index in [-0.39, 0.29) is 0 Å². The van der Waals surface area contributed by atoms with E-state index in [9.17, 15) is 0 Å². The van der Waals surface area contributed by atoms with E-state index in [0.717, 1.165) is 41.3 Å². The van der Waals surface area contributed by atoms with E-state index in [2.05, 4.69) is 43.1 Å². The zero-order valence-electron chi connectivity index (χ0n) is 18.6. The highest BCUT2D eigenvalue weighted by molar-refractivity contribution is 5.61. The van der Waals surface area contributed by atoms with Gasteiger partial charge >= 0.3 is 0 Å². The van der Waals surface area contributed by atoms with Crippen LogP contribution in [-0.4, -0.2) is 30.6 Å². The molecular weight excluding hydrogens is 426 g/mol. The molecular formula is C26H23N7O. The maximum atomic E-state index is 6.12. The quantitative estimate of drug-likeness (QED) is 0.332. The van der Waals surface area contributed by atoms with E-state index in [1.165, 1.54) is 5.56 Å². The van der Waals surface area contributed by atoms with Gasteiger partial charge in [0.15, 0.2) is 0 Å². The Hall–Kier alpha value is -4.59. The van der Waals surface area contributed by atoms with E-state index in [1.807, 2.05) is 73.7 Å². The minimum Gasteiger partial charge on any atom is -0.455 e. The number of ether oxygens (including phenoxy) is 1. The van der Waals surface area contributed by atoms with Crippen LogP contribution < -0.4 is 10.1 Å². The Morgan fingerprint density at radius 1 is 0.912 bits per heavy atom. The summed E-state index contributed by atoms with van der Waals surface area (Å²) >= 11 is 0. The Balaban J connectivity index is 1.26. The molecule has 0 aliphatic carbocycles. The van der Waals surface area contributed by atoms with Crippen LogP contribution in [0.3, 0.4) is 0 Å². The molecule has 3 heterocycles. The van der Waals surface area contributed by atoms with E-state index in [1.54, 1.807) is 6.20 Å². The molecule has 0 unspecified atom stereocenters. The van der Waals surface area contributed by atoms with Crippen LogP contribution in [0.5, 0.6) is 11.5 Å². The normalized spacial score (nSPS) is 10.7. The number of tetrazole rings is 1. The van der Waals surface area contributed by atoms with Crippen molar-refractivity contribution in [1.29, 1.82) is 0 Å². The minimum absolute atomic E-state index is 0.684. The number of rotatable bonds is 8. The van der Waals surface area contributed by atoms with Crippen LogP contribution in [0.15, 0.2) is 85.1 Å². The first-order valence-corrected chi connectivity index (χ1v) is 11.0. The van der Waals surface area contributed by atoms with E-state index in [0.29, 0.717) is 17.3 Å². The highest BCUT2D eigenvalue weighted by atomic mass is 16.5. The Labute approximate surface area is 197 Å². The smallest absolute Gasteiger partial charge is 0.148 e. The lowest BCUT2D eigenvalue weighted by atomic mass is 10.1. The summed E-state index contributed by atoms with van der Waals surface area (Å²) in [5, 5.41) is 17.3. The fraction of sp³-hybridized carbons (Fsp3) is 0.115. The van der Waals surface area contributed by atoms with Crippen LogP contribution in [0, 0.1) is 6.92 Å². The second-order valence-corrected chi connectivity index (χ2v) is 7.80. The Kier molecular flexibility index (Phi) is 6.20. The predicted octanol–water partition coefficient (Wildman–Crippen LogP) is 5.29. The Morgan fingerprint density at radius 3 is 2.65 bits per heavy atom. The molecule has 0 saturated carbocycles. The van der Waals surface area contributed by atoms with Gasteiger partial charge in [-0.2, -0.15) is 0 Å². The van der Waals surface area contributed by atoms with Crippen LogP contribution in [0.4, 0.5) is 11.5 Å². The van der Waals surface area contributed by atoms with Crippen molar-refractivity contribution in [3.63, 3.8) is 0 Å². The summed E-state index contributed by atoms with van der Waals surface area (Å²) in [5.41, 5.74) is 4.94. The largest absolute Gasteiger partial charge is 0.455 e. The lowest BCUT2D eigenvalue weighted by Gasteiger charge is -2.12. The topological polar surface area (TPSA) is 102 Å². The molecule has 8 heteroatoms. The summed E-state index contributed by atoms with van der Waals surface area (Å²) in [6.07, 6.45) is 3.29. The maximum Gasteiger partial charge on any atom is 0.148 e. The summed E-state index contributed by atoms with van der Waals surface area (Å²) in [6, 6.07) is 25.9. The van der Waals surface area contributed by atoms with E-state index < -0.39 is 0 Å². The minimum atomic E-state index is 0.684. The van der Waals surface area contributed by atoms with Gasteiger partial charge in [0.1, 0.15) is 23.1 Å². The third-order valence-electron chi connectivity index (χ3n) is 5.31. The molecule has 168 valence electrons. The van der Waals surface area contributed by atoms with Crippen molar-refractivity contribution in [2.45, 2.75) is 19.8 Å². The fourth-order valence-corrected chi connectivity index (χ4v) is 3.60. The summed E-state index contributed by atoms with van der Waals surface area (Å²) < 4.78 is 6.12. The van der Waals surface area contributed by atoms with Crippen LogP contribution in [0.1, 0.15) is 17.1 Å². The van der Waals surface area contributed by atoms with Gasteiger partial charge in [-0.15, -0.1) is 5.10 Å². The summed E-state index contributed by atoms with van der Waals surface area (Å²) in [4.78, 5) is 9.14.